The largest absolute Gasteiger partial charge is 0.494 e. The van der Waals surface area contributed by atoms with E-state index in [0.717, 1.165) is 75.7 Å². The second kappa shape index (κ2) is 27.3. The number of unbranched alkanes of at least 4 members (excludes halogenated alkanes) is 3. The number of sulfonamides is 1. The van der Waals surface area contributed by atoms with E-state index in [9.17, 15) is 27.6 Å². The van der Waals surface area contributed by atoms with Crippen LogP contribution in [-0.2, 0) is 40.9 Å². The van der Waals surface area contributed by atoms with Gasteiger partial charge >= 0.3 is 0 Å². The maximum atomic E-state index is 13.7. The van der Waals surface area contributed by atoms with Gasteiger partial charge < -0.3 is 34.9 Å². The molecule has 0 spiro atoms. The molecule has 456 valence electrons. The average Bonchev–Trinajstić information content (AvgIpc) is 2.29. The lowest BCUT2D eigenvalue weighted by Gasteiger charge is -2.34. The summed E-state index contributed by atoms with van der Waals surface area (Å²) in [6.45, 7) is 16.0. The zero-order valence-corrected chi connectivity index (χ0v) is 52.3. The monoisotopic (exact) mass is 1200 g/mol. The first-order valence-electron chi connectivity index (χ1n) is 29.5. The Labute approximate surface area is 509 Å². The van der Waals surface area contributed by atoms with Gasteiger partial charge in [0.25, 0.3) is 17.4 Å². The molecule has 1 fully saturated rings. The van der Waals surface area contributed by atoms with Crippen molar-refractivity contribution in [2.24, 2.45) is 14.1 Å². The molecular weight excluding hydrogens is 1120 g/mol. The number of aryl methyl sites for hydroxylation is 3. The van der Waals surface area contributed by atoms with Crippen LogP contribution in [0.3, 0.4) is 0 Å². The van der Waals surface area contributed by atoms with E-state index < -0.39 is 10.0 Å². The Balaban J connectivity index is 0.658. The highest BCUT2D eigenvalue weighted by atomic mass is 32.2. The van der Waals surface area contributed by atoms with E-state index in [2.05, 4.69) is 71.0 Å². The molecule has 0 aliphatic carbocycles. The summed E-state index contributed by atoms with van der Waals surface area (Å²) >= 11 is 0. The van der Waals surface area contributed by atoms with Gasteiger partial charge in [0.05, 0.1) is 30.9 Å². The molecule has 2 aromatic heterocycles. The highest BCUT2D eigenvalue weighted by Crippen LogP contribution is 2.34. The van der Waals surface area contributed by atoms with Crippen molar-refractivity contribution in [3.63, 3.8) is 0 Å². The summed E-state index contributed by atoms with van der Waals surface area (Å²) in [5, 5.41) is 17.7. The molecule has 0 bridgehead atoms. The number of nitrogens with zero attached hydrogens (tertiary/aromatic N) is 8. The number of hydrogen-bond donors (Lipinski definition) is 3. The van der Waals surface area contributed by atoms with E-state index in [-0.39, 0.29) is 58.4 Å². The minimum atomic E-state index is -3.80. The number of benzene rings is 6. The lowest BCUT2D eigenvalue weighted by molar-refractivity contribution is -0.122. The summed E-state index contributed by atoms with van der Waals surface area (Å²) in [6, 6.07) is 36.9. The van der Waals surface area contributed by atoms with Crippen LogP contribution in [0.1, 0.15) is 113 Å². The van der Waals surface area contributed by atoms with Crippen LogP contribution in [0.2, 0.25) is 0 Å². The third kappa shape index (κ3) is 15.1. The summed E-state index contributed by atoms with van der Waals surface area (Å²) < 4.78 is 43.7. The number of rotatable bonds is 23. The minimum Gasteiger partial charge on any atom is -0.494 e. The van der Waals surface area contributed by atoms with Gasteiger partial charge in [0, 0.05) is 101 Å². The van der Waals surface area contributed by atoms with Crippen molar-refractivity contribution in [1.82, 2.24) is 44.0 Å². The average molecular weight is 1200 g/mol. The number of methoxy groups -OCH3 is 1. The first-order valence-corrected chi connectivity index (χ1v) is 30.9. The fraction of sp³-hybridized carbons (Fsp3) is 0.358. The van der Waals surface area contributed by atoms with E-state index in [1.165, 1.54) is 8.87 Å². The highest BCUT2D eigenvalue weighted by molar-refractivity contribution is 7.89. The van der Waals surface area contributed by atoms with E-state index >= 15 is 0 Å². The fourth-order valence-corrected chi connectivity index (χ4v) is 11.8. The van der Waals surface area contributed by atoms with Gasteiger partial charge in [0.2, 0.25) is 15.9 Å². The molecule has 3 N–H and O–H groups in total. The van der Waals surface area contributed by atoms with Gasteiger partial charge in [0.15, 0.2) is 5.82 Å². The van der Waals surface area contributed by atoms with Crippen LogP contribution in [0, 0.1) is 13.8 Å². The number of piperazine rings is 1. The zero-order valence-electron chi connectivity index (χ0n) is 51.4. The van der Waals surface area contributed by atoms with Gasteiger partial charge in [-0.3, -0.25) is 24.1 Å². The molecule has 1 saturated heterocycles. The van der Waals surface area contributed by atoms with Gasteiger partial charge in [-0.1, -0.05) is 88.2 Å². The van der Waals surface area contributed by atoms with Gasteiger partial charge in [0.1, 0.15) is 22.5 Å². The Morgan fingerprint density at radius 1 is 0.805 bits per heavy atom. The van der Waals surface area contributed by atoms with Crippen molar-refractivity contribution in [2.45, 2.75) is 90.0 Å². The van der Waals surface area contributed by atoms with Crippen LogP contribution in [0.5, 0.6) is 11.5 Å². The van der Waals surface area contributed by atoms with Crippen molar-refractivity contribution < 1.29 is 32.3 Å². The second-order valence-corrected chi connectivity index (χ2v) is 25.5. The molecule has 1 aliphatic heterocycles. The Morgan fingerprint density at radius 3 is 2.21 bits per heavy atom. The van der Waals surface area contributed by atoms with Crippen LogP contribution < -0.4 is 31.0 Å². The van der Waals surface area contributed by atoms with Crippen molar-refractivity contribution in [3.05, 3.63) is 182 Å². The van der Waals surface area contributed by atoms with E-state index in [1.807, 2.05) is 81.6 Å². The molecule has 3 heterocycles. The number of aromatic nitrogens is 5. The predicted octanol–water partition coefficient (Wildman–Crippen LogP) is 10.1. The fourth-order valence-electron chi connectivity index (χ4n) is 10.7. The first-order chi connectivity index (χ1) is 41.6. The van der Waals surface area contributed by atoms with Crippen LogP contribution in [0.25, 0.3) is 22.3 Å². The number of anilines is 3. The highest BCUT2D eigenvalue weighted by Gasteiger charge is 2.26. The molecule has 1 aliphatic rings. The minimum absolute atomic E-state index is 0.0141. The lowest BCUT2D eigenvalue weighted by Crippen LogP contribution is -2.51. The molecule has 6 aromatic carbocycles. The van der Waals surface area contributed by atoms with E-state index in [0.29, 0.717) is 79.0 Å². The Morgan fingerprint density at radius 2 is 1.51 bits per heavy atom. The van der Waals surface area contributed by atoms with Crippen LogP contribution >= 0.6 is 0 Å². The van der Waals surface area contributed by atoms with Crippen molar-refractivity contribution in [2.75, 3.05) is 70.7 Å². The van der Waals surface area contributed by atoms with E-state index in [1.54, 1.807) is 85.5 Å². The number of hydrogen-bond acceptors (Lipinski definition) is 13. The maximum absolute atomic E-state index is 13.7. The third-order valence-electron chi connectivity index (χ3n) is 16.2. The first kappa shape index (κ1) is 62.8. The second-order valence-electron chi connectivity index (χ2n) is 23.5. The third-order valence-corrected chi connectivity index (χ3v) is 18.0. The molecule has 8 aromatic rings. The maximum Gasteiger partial charge on any atom is 0.293 e. The predicted molar refractivity (Wildman–Crippen MR) is 341 cm³/mol. The Kier molecular flexibility index (Phi) is 19.7. The van der Waals surface area contributed by atoms with Crippen molar-refractivity contribution in [3.8, 4) is 22.8 Å². The van der Waals surface area contributed by atoms with Gasteiger partial charge in [-0.2, -0.15) is 4.31 Å². The molecule has 1 unspecified atom stereocenters. The number of fused-ring (bicyclic) bond motifs is 1. The van der Waals surface area contributed by atoms with Crippen LogP contribution in [0.15, 0.2) is 137 Å². The molecule has 0 saturated carbocycles. The summed E-state index contributed by atoms with van der Waals surface area (Å²) in [5.41, 5.74) is 10.7. The summed E-state index contributed by atoms with van der Waals surface area (Å²) in [6.07, 6.45) is 5.12. The molecule has 0 radical (unpaired) electrons. The number of carbonyl (C=O) groups is 3. The normalized spacial score (nSPS) is 13.4. The standard InChI is InChI=1S/C67H79N11O8S/c1-44-18-19-49(45(2)50-39-58-62(60(40-50)85-10)76(9)73-72-58)38-51(44)41-75(8)87(83,84)55-30-28-54(29-31-55)86-37-14-12-11-13-32-68-61(79)43-77-33-35-78(36-34-77)65(81)48-22-26-53(27-23-48)69-63-66(82)74(7)42-59(70-63)56-16-15-17-57(46(56)3)71-64(80)47-20-24-52(25-21-47)67(4,5)6/h15-31,38-40,42,45H,11-14,32-37,41,43H2,1-10H3,(H,68,79)(H,69,70)(H,71,80). The molecule has 1 atom stereocenters. The zero-order chi connectivity index (χ0) is 62.2. The van der Waals surface area contributed by atoms with Gasteiger partial charge in [-0.15, -0.1) is 5.10 Å². The van der Waals surface area contributed by atoms with E-state index in [4.69, 9.17) is 14.5 Å². The molecule has 9 rings (SSSR count). The molecule has 3 amide bonds. The summed E-state index contributed by atoms with van der Waals surface area (Å²) in [4.78, 5) is 61.8. The van der Waals surface area contributed by atoms with Gasteiger partial charge in [-0.05, 0) is 144 Å². The molecule has 20 heteroatoms. The molecule has 87 heavy (non-hydrogen) atoms. The van der Waals surface area contributed by atoms with Gasteiger partial charge in [-0.25, -0.2) is 18.1 Å². The topological polar surface area (TPSA) is 215 Å². The molecule has 19 nitrogen and oxygen atoms in total. The quantitative estimate of drug-likeness (QED) is 0.0509. The Hall–Kier alpha value is -8.72. The number of amides is 3. The molecular formula is C67H79N11O8S. The van der Waals surface area contributed by atoms with Crippen LogP contribution in [-0.4, -0.2) is 125 Å². The summed E-state index contributed by atoms with van der Waals surface area (Å²) in [5.74, 6) is 0.990. The van der Waals surface area contributed by atoms with Crippen molar-refractivity contribution in [1.29, 1.82) is 0 Å². The lowest BCUT2D eigenvalue weighted by atomic mass is 9.86. The SMILES string of the molecule is COc1cc(C(C)c2ccc(C)c(CN(C)S(=O)(=O)c3ccc(OCCCCCCNC(=O)CN4CCN(C(=O)c5ccc(Nc6nc(-c7cccc(NC(=O)c8ccc(C(C)(C)C)cc8)c7C)cn(C)c6=O)cc5)CC4)cc3)c2)cc2nnn(C)c12. The number of nitrogens with one attached hydrogen (secondary N) is 3. The smallest absolute Gasteiger partial charge is 0.293 e. The number of ether oxygens (including phenoxy) is 2. The number of carbonyl (C=O) groups excluding carboxylic acids is 3. The summed E-state index contributed by atoms with van der Waals surface area (Å²) in [7, 11) is 2.92. The Bertz CT molecular complexity index is 3940. The van der Waals surface area contributed by atoms with Crippen LogP contribution in [0.4, 0.5) is 17.2 Å². The van der Waals surface area contributed by atoms with Crippen molar-refractivity contribution >= 4 is 56.0 Å².